The van der Waals surface area contributed by atoms with Crippen LogP contribution >= 0.6 is 23.4 Å². The number of hydrogen-bond donors (Lipinski definition) is 1. The molecule has 11 heteroatoms. The summed E-state index contributed by atoms with van der Waals surface area (Å²) in [6.07, 6.45) is 0. The number of amides is 1. The molecule has 2 aromatic carbocycles. The van der Waals surface area contributed by atoms with Gasteiger partial charge in [0.2, 0.25) is 17.9 Å². The summed E-state index contributed by atoms with van der Waals surface area (Å²) < 4.78 is 25.9. The van der Waals surface area contributed by atoms with Crippen LogP contribution in [0.15, 0.2) is 53.7 Å². The van der Waals surface area contributed by atoms with Crippen LogP contribution in [0.1, 0.15) is 0 Å². The van der Waals surface area contributed by atoms with E-state index in [-0.39, 0.29) is 23.5 Å². The van der Waals surface area contributed by atoms with Gasteiger partial charge in [0.05, 0.1) is 16.5 Å². The highest BCUT2D eigenvalue weighted by atomic mass is 35.5. The average Bonchev–Trinajstić information content (AvgIpc) is 3.40. The highest BCUT2D eigenvalue weighted by Gasteiger charge is 2.16. The van der Waals surface area contributed by atoms with Crippen molar-refractivity contribution in [3.05, 3.63) is 59.4 Å². The lowest BCUT2D eigenvalue weighted by atomic mass is 10.1. The number of nitrogens with one attached hydrogen (secondary N) is 1. The van der Waals surface area contributed by atoms with Crippen molar-refractivity contribution in [3.63, 3.8) is 0 Å². The van der Waals surface area contributed by atoms with Crippen molar-refractivity contribution in [1.82, 2.24) is 19.8 Å². The van der Waals surface area contributed by atoms with Crippen LogP contribution in [-0.4, -0.2) is 38.3 Å². The minimum atomic E-state index is -0.601. The summed E-state index contributed by atoms with van der Waals surface area (Å²) in [5.41, 5.74) is 2.40. The van der Waals surface area contributed by atoms with Gasteiger partial charge in [-0.2, -0.15) is 9.61 Å². The van der Waals surface area contributed by atoms with Gasteiger partial charge in [0, 0.05) is 11.3 Å². The summed E-state index contributed by atoms with van der Waals surface area (Å²) in [5, 5.41) is 15.8. The van der Waals surface area contributed by atoms with Crippen molar-refractivity contribution in [3.8, 4) is 22.8 Å². The Kier molecular flexibility index (Phi) is 5.08. The van der Waals surface area contributed by atoms with Gasteiger partial charge < -0.3 is 14.8 Å². The minimum Gasteiger partial charge on any atom is -0.454 e. The van der Waals surface area contributed by atoms with Crippen LogP contribution < -0.4 is 14.8 Å². The van der Waals surface area contributed by atoms with Crippen molar-refractivity contribution >= 4 is 40.6 Å². The maximum Gasteiger partial charge on any atom is 0.234 e. The normalized spacial score (nSPS) is 12.3. The molecule has 0 aliphatic carbocycles. The fourth-order valence-corrected chi connectivity index (χ4v) is 3.78. The standard InChI is InChI=1S/C20H13ClFN5O3S/c21-13-3-2-12(8-14(13)22)23-19(28)9-31-20-25-24-18-6-4-15(26-27(18)20)11-1-5-16-17(7-11)30-10-29-16/h1-8H,9-10H2,(H,23,28). The zero-order valence-electron chi connectivity index (χ0n) is 15.7. The first-order valence-corrected chi connectivity index (χ1v) is 10.4. The van der Waals surface area contributed by atoms with Gasteiger partial charge >= 0.3 is 0 Å². The molecule has 0 radical (unpaired) electrons. The van der Waals surface area contributed by atoms with Gasteiger partial charge in [-0.1, -0.05) is 23.4 Å². The Balaban J connectivity index is 1.32. The van der Waals surface area contributed by atoms with Gasteiger partial charge in [0.1, 0.15) is 5.82 Å². The number of halogens is 2. The lowest BCUT2D eigenvalue weighted by molar-refractivity contribution is -0.113. The van der Waals surface area contributed by atoms with Crippen LogP contribution in [-0.2, 0) is 4.79 Å². The van der Waals surface area contributed by atoms with Crippen molar-refractivity contribution in [2.75, 3.05) is 17.9 Å². The number of carbonyl (C=O) groups excluding carboxylic acids is 1. The maximum atomic E-state index is 13.5. The molecule has 0 unspecified atom stereocenters. The second-order valence-electron chi connectivity index (χ2n) is 6.50. The van der Waals surface area contributed by atoms with Gasteiger partial charge in [0.15, 0.2) is 17.1 Å². The van der Waals surface area contributed by atoms with Crippen LogP contribution in [0.3, 0.4) is 0 Å². The van der Waals surface area contributed by atoms with Crippen molar-refractivity contribution in [1.29, 1.82) is 0 Å². The Bertz CT molecular complexity index is 1320. The number of nitrogens with zero attached hydrogens (tertiary/aromatic N) is 4. The van der Waals surface area contributed by atoms with E-state index in [1.54, 1.807) is 10.6 Å². The zero-order valence-corrected chi connectivity index (χ0v) is 17.3. The molecule has 0 fully saturated rings. The van der Waals surface area contributed by atoms with Crippen LogP contribution in [0, 0.1) is 5.82 Å². The third kappa shape index (κ3) is 3.99. The molecule has 1 aliphatic heterocycles. The molecule has 31 heavy (non-hydrogen) atoms. The van der Waals surface area contributed by atoms with E-state index in [0.717, 1.165) is 11.6 Å². The summed E-state index contributed by atoms with van der Waals surface area (Å²) in [6.45, 7) is 0.197. The lowest BCUT2D eigenvalue weighted by Gasteiger charge is -2.06. The first-order valence-electron chi connectivity index (χ1n) is 9.07. The predicted molar refractivity (Wildman–Crippen MR) is 113 cm³/mol. The first kappa shape index (κ1) is 19.6. The number of rotatable bonds is 5. The Hall–Kier alpha value is -3.37. The summed E-state index contributed by atoms with van der Waals surface area (Å²) in [5.74, 6) is 0.470. The fraction of sp³-hybridized carbons (Fsp3) is 0.100. The fourth-order valence-electron chi connectivity index (χ4n) is 2.97. The van der Waals surface area contributed by atoms with E-state index in [4.69, 9.17) is 21.1 Å². The number of ether oxygens (including phenoxy) is 2. The van der Waals surface area contributed by atoms with Crippen LogP contribution in [0.2, 0.25) is 5.02 Å². The maximum absolute atomic E-state index is 13.5. The minimum absolute atomic E-state index is 0.00774. The third-order valence-corrected chi connectivity index (χ3v) is 5.66. The molecule has 8 nitrogen and oxygen atoms in total. The van der Waals surface area contributed by atoms with Gasteiger partial charge in [-0.3, -0.25) is 4.79 Å². The van der Waals surface area contributed by atoms with Gasteiger partial charge in [-0.25, -0.2) is 4.39 Å². The largest absolute Gasteiger partial charge is 0.454 e. The Morgan fingerprint density at radius 1 is 1.13 bits per heavy atom. The Morgan fingerprint density at radius 2 is 2.00 bits per heavy atom. The lowest BCUT2D eigenvalue weighted by Crippen LogP contribution is -2.14. The van der Waals surface area contributed by atoms with E-state index in [9.17, 15) is 9.18 Å². The highest BCUT2D eigenvalue weighted by Crippen LogP contribution is 2.35. The van der Waals surface area contributed by atoms with E-state index in [2.05, 4.69) is 20.6 Å². The molecule has 1 amide bonds. The molecule has 3 heterocycles. The summed E-state index contributed by atoms with van der Waals surface area (Å²) in [4.78, 5) is 12.2. The topological polar surface area (TPSA) is 90.6 Å². The molecule has 4 aromatic rings. The quantitative estimate of drug-likeness (QED) is 0.452. The Labute approximate surface area is 184 Å². The van der Waals surface area contributed by atoms with Crippen LogP contribution in [0.25, 0.3) is 16.9 Å². The molecule has 0 saturated heterocycles. The average molecular weight is 458 g/mol. The molecule has 0 atom stereocenters. The molecular weight excluding hydrogens is 445 g/mol. The third-order valence-electron chi connectivity index (χ3n) is 4.44. The number of benzene rings is 2. The molecule has 0 bridgehead atoms. The molecule has 1 aliphatic rings. The second kappa shape index (κ2) is 8.05. The number of fused-ring (bicyclic) bond motifs is 2. The van der Waals surface area contributed by atoms with Crippen molar-refractivity contribution in [2.24, 2.45) is 0 Å². The molecule has 2 aromatic heterocycles. The summed E-state index contributed by atoms with van der Waals surface area (Å²) >= 11 is 6.82. The van der Waals surface area contributed by atoms with E-state index in [0.29, 0.717) is 33.7 Å². The van der Waals surface area contributed by atoms with Crippen molar-refractivity contribution in [2.45, 2.75) is 5.16 Å². The molecule has 0 saturated carbocycles. The monoisotopic (exact) mass is 457 g/mol. The Morgan fingerprint density at radius 3 is 2.87 bits per heavy atom. The molecule has 0 spiro atoms. The number of aromatic nitrogens is 4. The zero-order chi connectivity index (χ0) is 21.4. The SMILES string of the molecule is O=C(CSc1nnc2ccc(-c3ccc4c(c3)OCO4)nn12)Nc1ccc(Cl)c(F)c1. The number of hydrogen-bond acceptors (Lipinski definition) is 7. The smallest absolute Gasteiger partial charge is 0.234 e. The highest BCUT2D eigenvalue weighted by molar-refractivity contribution is 7.99. The number of carbonyl (C=O) groups is 1. The molecule has 5 rings (SSSR count). The van der Waals surface area contributed by atoms with Gasteiger partial charge in [-0.15, -0.1) is 10.2 Å². The molecule has 1 N–H and O–H groups in total. The van der Waals surface area contributed by atoms with Gasteiger partial charge in [-0.05, 0) is 48.5 Å². The van der Waals surface area contributed by atoms with Crippen molar-refractivity contribution < 1.29 is 18.7 Å². The summed E-state index contributed by atoms with van der Waals surface area (Å²) in [7, 11) is 0. The number of anilines is 1. The van der Waals surface area contributed by atoms with Crippen LogP contribution in [0.4, 0.5) is 10.1 Å². The van der Waals surface area contributed by atoms with Gasteiger partial charge in [0.25, 0.3) is 0 Å². The van der Waals surface area contributed by atoms with E-state index in [1.807, 2.05) is 24.3 Å². The molecule has 156 valence electrons. The van der Waals surface area contributed by atoms with Crippen LogP contribution in [0.5, 0.6) is 11.5 Å². The second-order valence-corrected chi connectivity index (χ2v) is 7.85. The van der Waals surface area contributed by atoms with E-state index in [1.165, 1.54) is 23.9 Å². The summed E-state index contributed by atoms with van der Waals surface area (Å²) in [6, 6.07) is 13.3. The first-order chi connectivity index (χ1) is 15.1. The van der Waals surface area contributed by atoms with E-state index < -0.39 is 5.82 Å². The number of thioether (sulfide) groups is 1. The van der Waals surface area contributed by atoms with E-state index >= 15 is 0 Å². The predicted octanol–water partition coefficient (Wildman–Crippen LogP) is 4.04. The molecular formula is C20H13ClFN5O3S.